The highest BCUT2D eigenvalue weighted by Gasteiger charge is 2.46. The van der Waals surface area contributed by atoms with E-state index in [1.165, 1.54) is 11.1 Å². The maximum absolute atomic E-state index is 13.0. The Morgan fingerprint density at radius 3 is 2.30 bits per heavy atom. The van der Waals surface area contributed by atoms with Crippen molar-refractivity contribution in [3.63, 3.8) is 0 Å². The fourth-order valence-corrected chi connectivity index (χ4v) is 5.04. The third-order valence-corrected chi connectivity index (χ3v) is 6.74. The fourth-order valence-electron chi connectivity index (χ4n) is 3.52. The van der Waals surface area contributed by atoms with Gasteiger partial charge in [0.2, 0.25) is 10.0 Å². The van der Waals surface area contributed by atoms with Crippen LogP contribution in [0.15, 0.2) is 52.5 Å². The number of aryl methyl sites for hydroxylation is 1. The Kier molecular flexibility index (Phi) is 3.62. The molecule has 0 amide bonds. The first-order valence-electron chi connectivity index (χ1n) is 8.04. The molecule has 1 heterocycles. The maximum Gasteiger partial charge on any atom is 0.243 e. The van der Waals surface area contributed by atoms with E-state index in [0.29, 0.717) is 18.0 Å². The van der Waals surface area contributed by atoms with Gasteiger partial charge < -0.3 is 0 Å². The van der Waals surface area contributed by atoms with Crippen molar-refractivity contribution < 1.29 is 8.42 Å². The van der Waals surface area contributed by atoms with E-state index < -0.39 is 10.0 Å². The van der Waals surface area contributed by atoms with Gasteiger partial charge in [-0.3, -0.25) is 0 Å². The Hall–Kier alpha value is -1.39. The van der Waals surface area contributed by atoms with Gasteiger partial charge in [-0.2, -0.15) is 4.31 Å². The van der Waals surface area contributed by atoms with Gasteiger partial charge in [0.25, 0.3) is 0 Å². The van der Waals surface area contributed by atoms with E-state index in [1.54, 1.807) is 16.4 Å². The van der Waals surface area contributed by atoms with Gasteiger partial charge in [0.1, 0.15) is 0 Å². The van der Waals surface area contributed by atoms with E-state index in [0.717, 1.165) is 5.56 Å². The first kappa shape index (κ1) is 16.5. The van der Waals surface area contributed by atoms with Crippen molar-refractivity contribution in [1.29, 1.82) is 0 Å². The van der Waals surface area contributed by atoms with Crippen LogP contribution in [0.5, 0.6) is 0 Å². The summed E-state index contributed by atoms with van der Waals surface area (Å²) in [6.07, 6.45) is 4.36. The van der Waals surface area contributed by atoms with Crippen LogP contribution < -0.4 is 0 Å². The first-order valence-corrected chi connectivity index (χ1v) is 9.48. The summed E-state index contributed by atoms with van der Waals surface area (Å²) in [7, 11) is -3.44. The molecule has 1 fully saturated rings. The van der Waals surface area contributed by atoms with E-state index in [4.69, 9.17) is 0 Å². The molecule has 124 valence electrons. The van der Waals surface area contributed by atoms with Crippen LogP contribution >= 0.6 is 0 Å². The minimum atomic E-state index is -3.44. The van der Waals surface area contributed by atoms with Gasteiger partial charge in [-0.15, -0.1) is 0 Å². The van der Waals surface area contributed by atoms with Gasteiger partial charge in [-0.25, -0.2) is 8.42 Å². The summed E-state index contributed by atoms with van der Waals surface area (Å²) in [5, 5.41) is 0. The predicted molar refractivity (Wildman–Crippen MR) is 93.7 cm³/mol. The van der Waals surface area contributed by atoms with Crippen molar-refractivity contribution in [2.45, 2.75) is 39.5 Å². The van der Waals surface area contributed by atoms with Gasteiger partial charge in [0.15, 0.2) is 0 Å². The Labute approximate surface area is 139 Å². The predicted octanol–water partition coefficient (Wildman–Crippen LogP) is 3.92. The molecule has 3 nitrogen and oxygen atoms in total. The highest BCUT2D eigenvalue weighted by atomic mass is 32.2. The molecular formula is C19H25NO2S. The Morgan fingerprint density at radius 1 is 1.13 bits per heavy atom. The Balaban J connectivity index is 1.98. The van der Waals surface area contributed by atoms with Crippen LogP contribution in [0.2, 0.25) is 0 Å². The third kappa shape index (κ3) is 2.68. The SMILES string of the molecule is Cc1ccc(S(=O)(=O)N2CC3=C(C(C)(C)C)C=CC3(C)C2)cc1. The number of hydrogen-bond acceptors (Lipinski definition) is 2. The summed E-state index contributed by atoms with van der Waals surface area (Å²) >= 11 is 0. The number of fused-ring (bicyclic) bond motifs is 1. The molecule has 1 aliphatic heterocycles. The van der Waals surface area contributed by atoms with Gasteiger partial charge in [-0.1, -0.05) is 57.5 Å². The molecule has 3 rings (SSSR count). The molecule has 1 aromatic carbocycles. The van der Waals surface area contributed by atoms with E-state index in [-0.39, 0.29) is 10.8 Å². The van der Waals surface area contributed by atoms with E-state index >= 15 is 0 Å². The number of hydrogen-bond donors (Lipinski definition) is 0. The maximum atomic E-state index is 13.0. The summed E-state index contributed by atoms with van der Waals surface area (Å²) in [5.41, 5.74) is 3.46. The number of sulfonamides is 1. The molecule has 0 bridgehead atoms. The molecule has 0 aromatic heterocycles. The van der Waals surface area contributed by atoms with Gasteiger partial charge in [-0.05, 0) is 35.6 Å². The second-order valence-electron chi connectivity index (χ2n) is 7.98. The van der Waals surface area contributed by atoms with Crippen molar-refractivity contribution >= 4 is 10.0 Å². The van der Waals surface area contributed by atoms with Crippen molar-refractivity contribution in [3.8, 4) is 0 Å². The van der Waals surface area contributed by atoms with Gasteiger partial charge >= 0.3 is 0 Å². The highest BCUT2D eigenvalue weighted by Crippen LogP contribution is 2.49. The average Bonchev–Trinajstić information content (AvgIpc) is 2.92. The zero-order valence-corrected chi connectivity index (χ0v) is 15.4. The van der Waals surface area contributed by atoms with E-state index in [1.807, 2.05) is 19.1 Å². The summed E-state index contributed by atoms with van der Waals surface area (Å²) in [6.45, 7) is 11.7. The van der Waals surface area contributed by atoms with Crippen LogP contribution in [-0.2, 0) is 10.0 Å². The molecule has 0 N–H and O–H groups in total. The smallest absolute Gasteiger partial charge is 0.207 e. The quantitative estimate of drug-likeness (QED) is 0.824. The molecule has 1 atom stereocenters. The molecule has 4 heteroatoms. The van der Waals surface area contributed by atoms with Gasteiger partial charge in [0, 0.05) is 18.5 Å². The van der Waals surface area contributed by atoms with Crippen LogP contribution in [0.25, 0.3) is 0 Å². The summed E-state index contributed by atoms with van der Waals surface area (Å²) < 4.78 is 27.5. The van der Waals surface area contributed by atoms with Crippen molar-refractivity contribution in [2.24, 2.45) is 10.8 Å². The van der Waals surface area contributed by atoms with E-state index in [9.17, 15) is 8.42 Å². The third-order valence-electron chi connectivity index (χ3n) is 4.94. The Morgan fingerprint density at radius 2 is 1.74 bits per heavy atom. The van der Waals surface area contributed by atoms with Crippen LogP contribution in [0, 0.1) is 17.8 Å². The zero-order chi connectivity index (χ0) is 17.0. The lowest BCUT2D eigenvalue weighted by Crippen LogP contribution is -2.30. The number of allylic oxidation sites excluding steroid dienone is 2. The molecular weight excluding hydrogens is 306 g/mol. The Bertz CT molecular complexity index is 795. The molecule has 0 radical (unpaired) electrons. The molecule has 2 aliphatic rings. The van der Waals surface area contributed by atoms with Crippen molar-refractivity contribution in [1.82, 2.24) is 4.31 Å². The minimum Gasteiger partial charge on any atom is -0.207 e. The number of benzene rings is 1. The molecule has 23 heavy (non-hydrogen) atoms. The molecule has 1 unspecified atom stereocenters. The average molecular weight is 331 g/mol. The largest absolute Gasteiger partial charge is 0.243 e. The van der Waals surface area contributed by atoms with E-state index in [2.05, 4.69) is 39.8 Å². The van der Waals surface area contributed by atoms with Crippen LogP contribution in [-0.4, -0.2) is 25.8 Å². The second kappa shape index (κ2) is 5.05. The van der Waals surface area contributed by atoms with Crippen molar-refractivity contribution in [2.75, 3.05) is 13.1 Å². The lowest BCUT2D eigenvalue weighted by Gasteiger charge is -2.23. The normalized spacial score (nSPS) is 25.3. The lowest BCUT2D eigenvalue weighted by atomic mass is 9.80. The molecule has 1 aliphatic carbocycles. The summed E-state index contributed by atoms with van der Waals surface area (Å²) in [4.78, 5) is 0.383. The molecule has 0 spiro atoms. The molecule has 1 aromatic rings. The number of rotatable bonds is 2. The second-order valence-corrected chi connectivity index (χ2v) is 9.92. The fraction of sp³-hybridized carbons (Fsp3) is 0.474. The highest BCUT2D eigenvalue weighted by molar-refractivity contribution is 7.89. The molecule has 1 saturated heterocycles. The first-order chi connectivity index (χ1) is 10.5. The standard InChI is InChI=1S/C19H25NO2S/c1-14-6-8-15(9-7-14)23(21,22)20-12-17-16(18(2,3)4)10-11-19(17,5)13-20/h6-11H,12-13H2,1-5H3. The van der Waals surface area contributed by atoms with Crippen LogP contribution in [0.1, 0.15) is 33.3 Å². The monoisotopic (exact) mass is 331 g/mol. The lowest BCUT2D eigenvalue weighted by molar-refractivity contribution is 0.430. The van der Waals surface area contributed by atoms with Gasteiger partial charge in [0.05, 0.1) is 4.90 Å². The topological polar surface area (TPSA) is 37.4 Å². The van der Waals surface area contributed by atoms with Crippen LogP contribution in [0.3, 0.4) is 0 Å². The number of nitrogens with zero attached hydrogens (tertiary/aromatic N) is 1. The molecule has 0 saturated carbocycles. The zero-order valence-electron chi connectivity index (χ0n) is 14.6. The minimum absolute atomic E-state index is 0.0349. The summed E-state index contributed by atoms with van der Waals surface area (Å²) in [6, 6.07) is 7.11. The summed E-state index contributed by atoms with van der Waals surface area (Å²) in [5.74, 6) is 0. The van der Waals surface area contributed by atoms with Crippen molar-refractivity contribution in [3.05, 3.63) is 53.1 Å². The van der Waals surface area contributed by atoms with Crippen LogP contribution in [0.4, 0.5) is 0 Å².